The highest BCUT2D eigenvalue weighted by molar-refractivity contribution is 5.85. The lowest BCUT2D eigenvalue weighted by atomic mass is 10.2. The Balaban J connectivity index is 0.00000144. The molecule has 1 N–H and O–H groups in total. The summed E-state index contributed by atoms with van der Waals surface area (Å²) in [4.78, 5) is 0. The summed E-state index contributed by atoms with van der Waals surface area (Å²) in [6.07, 6.45) is 2.01. The minimum atomic E-state index is 0. The maximum absolute atomic E-state index is 4.24. The Bertz CT molecular complexity index is 255. The van der Waals surface area contributed by atoms with E-state index in [0.717, 1.165) is 17.9 Å². The lowest BCUT2D eigenvalue weighted by Crippen LogP contribution is -2.07. The Morgan fingerprint density at radius 2 is 2.15 bits per heavy atom. The van der Waals surface area contributed by atoms with Crippen LogP contribution in [0.25, 0.3) is 0 Å². The zero-order valence-electron chi connectivity index (χ0n) is 8.66. The highest BCUT2D eigenvalue weighted by atomic mass is 35.5. The van der Waals surface area contributed by atoms with Gasteiger partial charge in [0.15, 0.2) is 0 Å². The SMILES string of the molecule is Cc1nn(C)cc1NCC(C)C.Cl. The molecule has 0 amide bonds. The van der Waals surface area contributed by atoms with Crippen LogP contribution in [0.5, 0.6) is 0 Å². The molecule has 0 fully saturated rings. The normalized spacial score (nSPS) is 9.92. The minimum Gasteiger partial charge on any atom is -0.382 e. The molecule has 0 aliphatic rings. The van der Waals surface area contributed by atoms with Crippen molar-refractivity contribution in [1.29, 1.82) is 0 Å². The predicted octanol–water partition coefficient (Wildman–Crippen LogP) is 2.22. The second-order valence-electron chi connectivity index (χ2n) is 3.58. The molecule has 4 heteroatoms. The fourth-order valence-electron chi connectivity index (χ4n) is 1.09. The number of rotatable bonds is 3. The van der Waals surface area contributed by atoms with Crippen molar-refractivity contribution in [3.05, 3.63) is 11.9 Å². The lowest BCUT2D eigenvalue weighted by molar-refractivity contribution is 0.688. The third-order valence-electron chi connectivity index (χ3n) is 1.71. The standard InChI is InChI=1S/C9H17N3.ClH/c1-7(2)5-10-9-6-12(4)11-8(9)3;/h6-7,10H,5H2,1-4H3;1H. The molecule has 13 heavy (non-hydrogen) atoms. The molecule has 0 bridgehead atoms. The van der Waals surface area contributed by atoms with Gasteiger partial charge in [-0.05, 0) is 12.8 Å². The van der Waals surface area contributed by atoms with Crippen molar-refractivity contribution in [1.82, 2.24) is 9.78 Å². The van der Waals surface area contributed by atoms with Crippen molar-refractivity contribution < 1.29 is 0 Å². The molecule has 0 spiro atoms. The first-order valence-electron chi connectivity index (χ1n) is 4.33. The van der Waals surface area contributed by atoms with E-state index >= 15 is 0 Å². The van der Waals surface area contributed by atoms with Crippen LogP contribution in [0.15, 0.2) is 6.20 Å². The number of hydrogen-bond donors (Lipinski definition) is 1. The van der Waals surface area contributed by atoms with Crippen LogP contribution in [-0.2, 0) is 7.05 Å². The van der Waals surface area contributed by atoms with E-state index in [2.05, 4.69) is 24.3 Å². The number of aromatic nitrogens is 2. The maximum atomic E-state index is 4.24. The van der Waals surface area contributed by atoms with Crippen LogP contribution in [0.1, 0.15) is 19.5 Å². The topological polar surface area (TPSA) is 29.9 Å². The van der Waals surface area contributed by atoms with Gasteiger partial charge < -0.3 is 5.32 Å². The van der Waals surface area contributed by atoms with Gasteiger partial charge in [-0.3, -0.25) is 4.68 Å². The molecular formula is C9H18ClN3. The summed E-state index contributed by atoms with van der Waals surface area (Å²) >= 11 is 0. The first-order chi connectivity index (χ1) is 5.59. The summed E-state index contributed by atoms with van der Waals surface area (Å²) in [5.74, 6) is 0.671. The summed E-state index contributed by atoms with van der Waals surface area (Å²) in [6.45, 7) is 7.41. The Kier molecular flexibility index (Phi) is 4.85. The second-order valence-corrected chi connectivity index (χ2v) is 3.58. The summed E-state index contributed by atoms with van der Waals surface area (Å²) < 4.78 is 1.83. The van der Waals surface area contributed by atoms with Gasteiger partial charge in [-0.2, -0.15) is 5.10 Å². The number of anilines is 1. The van der Waals surface area contributed by atoms with Crippen molar-refractivity contribution in [2.24, 2.45) is 13.0 Å². The predicted molar refractivity (Wildman–Crippen MR) is 58.5 cm³/mol. The van der Waals surface area contributed by atoms with E-state index in [4.69, 9.17) is 0 Å². The van der Waals surface area contributed by atoms with Gasteiger partial charge in [-0.25, -0.2) is 0 Å². The van der Waals surface area contributed by atoms with Crippen LogP contribution < -0.4 is 5.32 Å². The third kappa shape index (κ3) is 3.68. The molecule has 3 nitrogen and oxygen atoms in total. The van der Waals surface area contributed by atoms with Crippen molar-refractivity contribution in [3.8, 4) is 0 Å². The van der Waals surface area contributed by atoms with Gasteiger partial charge in [0.05, 0.1) is 11.4 Å². The molecule has 1 aromatic rings. The summed E-state index contributed by atoms with van der Waals surface area (Å²) in [7, 11) is 1.94. The molecule has 0 aromatic carbocycles. The highest BCUT2D eigenvalue weighted by Gasteiger charge is 2.01. The van der Waals surface area contributed by atoms with Gasteiger partial charge in [0, 0.05) is 19.8 Å². The number of nitrogens with zero attached hydrogens (tertiary/aromatic N) is 2. The average Bonchev–Trinajstić information content (AvgIpc) is 2.26. The first-order valence-corrected chi connectivity index (χ1v) is 4.33. The first kappa shape index (κ1) is 12.3. The second kappa shape index (κ2) is 5.12. The molecule has 0 aliphatic carbocycles. The Morgan fingerprint density at radius 3 is 2.54 bits per heavy atom. The largest absolute Gasteiger partial charge is 0.382 e. The van der Waals surface area contributed by atoms with Crippen LogP contribution in [0.3, 0.4) is 0 Å². The fourth-order valence-corrected chi connectivity index (χ4v) is 1.09. The molecule has 0 saturated heterocycles. The van der Waals surface area contributed by atoms with E-state index in [1.54, 1.807) is 0 Å². The van der Waals surface area contributed by atoms with Crippen molar-refractivity contribution >= 4 is 18.1 Å². The van der Waals surface area contributed by atoms with Crippen LogP contribution >= 0.6 is 12.4 Å². The van der Waals surface area contributed by atoms with Crippen LogP contribution in [-0.4, -0.2) is 16.3 Å². The van der Waals surface area contributed by atoms with E-state index < -0.39 is 0 Å². The smallest absolute Gasteiger partial charge is 0.0824 e. The monoisotopic (exact) mass is 203 g/mol. The van der Waals surface area contributed by atoms with E-state index in [-0.39, 0.29) is 12.4 Å². The third-order valence-corrected chi connectivity index (χ3v) is 1.71. The van der Waals surface area contributed by atoms with Crippen LogP contribution in [0.2, 0.25) is 0 Å². The summed E-state index contributed by atoms with van der Waals surface area (Å²) in [5.41, 5.74) is 2.21. The van der Waals surface area contributed by atoms with Crippen molar-refractivity contribution in [2.75, 3.05) is 11.9 Å². The highest BCUT2D eigenvalue weighted by Crippen LogP contribution is 2.11. The van der Waals surface area contributed by atoms with E-state index in [0.29, 0.717) is 5.92 Å². The van der Waals surface area contributed by atoms with E-state index in [9.17, 15) is 0 Å². The molecule has 1 rings (SSSR count). The Hall–Kier alpha value is -0.700. The Labute approximate surface area is 85.9 Å². The summed E-state index contributed by atoms with van der Waals surface area (Å²) in [5, 5.41) is 7.59. The maximum Gasteiger partial charge on any atom is 0.0824 e. The van der Waals surface area contributed by atoms with E-state index in [1.807, 2.05) is 24.9 Å². The minimum absolute atomic E-state index is 0. The molecular weight excluding hydrogens is 186 g/mol. The van der Waals surface area contributed by atoms with Gasteiger partial charge in [0.1, 0.15) is 0 Å². The molecule has 0 aliphatic heterocycles. The molecule has 0 atom stereocenters. The zero-order valence-corrected chi connectivity index (χ0v) is 9.48. The van der Waals surface area contributed by atoms with Crippen molar-refractivity contribution in [3.63, 3.8) is 0 Å². The lowest BCUT2D eigenvalue weighted by Gasteiger charge is -2.06. The molecule has 0 radical (unpaired) electrons. The number of aryl methyl sites for hydroxylation is 2. The van der Waals surface area contributed by atoms with Gasteiger partial charge in [-0.1, -0.05) is 13.8 Å². The fraction of sp³-hybridized carbons (Fsp3) is 0.667. The number of halogens is 1. The van der Waals surface area contributed by atoms with E-state index in [1.165, 1.54) is 0 Å². The van der Waals surface area contributed by atoms with Crippen LogP contribution in [0.4, 0.5) is 5.69 Å². The van der Waals surface area contributed by atoms with Crippen LogP contribution in [0, 0.1) is 12.8 Å². The number of nitrogens with one attached hydrogen (secondary N) is 1. The molecule has 0 saturated carbocycles. The molecule has 0 unspecified atom stereocenters. The zero-order chi connectivity index (χ0) is 9.14. The van der Waals surface area contributed by atoms with Gasteiger partial charge in [0.2, 0.25) is 0 Å². The van der Waals surface area contributed by atoms with Gasteiger partial charge in [0.25, 0.3) is 0 Å². The van der Waals surface area contributed by atoms with Crippen molar-refractivity contribution in [2.45, 2.75) is 20.8 Å². The average molecular weight is 204 g/mol. The van der Waals surface area contributed by atoms with Gasteiger partial charge in [-0.15, -0.1) is 12.4 Å². The Morgan fingerprint density at radius 1 is 1.54 bits per heavy atom. The molecule has 76 valence electrons. The molecule has 1 aromatic heterocycles. The quantitative estimate of drug-likeness (QED) is 0.817. The molecule has 1 heterocycles. The van der Waals surface area contributed by atoms with Gasteiger partial charge >= 0.3 is 0 Å². The summed E-state index contributed by atoms with van der Waals surface area (Å²) in [6, 6.07) is 0. The number of hydrogen-bond acceptors (Lipinski definition) is 2.